The molecular weight excluding hydrogens is 212 g/mol. The molecule has 0 unspecified atom stereocenters. The number of hydrogen-bond donors (Lipinski definition) is 1. The van der Waals surface area contributed by atoms with Crippen molar-refractivity contribution >= 4 is 0 Å². The number of hydrogen-bond acceptors (Lipinski definition) is 2. The highest BCUT2D eigenvalue weighted by atomic mass is 16.3. The van der Waals surface area contributed by atoms with Crippen LogP contribution in [-0.2, 0) is 0 Å². The second-order valence-corrected chi connectivity index (χ2v) is 4.69. The Morgan fingerprint density at radius 3 is 2.76 bits per heavy atom. The minimum atomic E-state index is -0.472. The number of aromatic nitrogens is 2. The van der Waals surface area contributed by atoms with E-state index in [0.717, 1.165) is 11.3 Å². The number of aliphatic hydroxyl groups excluding tert-OH is 1. The number of nitrogens with zero attached hydrogens (tertiary/aromatic N) is 2. The van der Waals surface area contributed by atoms with Crippen molar-refractivity contribution in [3.63, 3.8) is 0 Å². The topological polar surface area (TPSA) is 38.0 Å². The minimum Gasteiger partial charge on any atom is -0.389 e. The summed E-state index contributed by atoms with van der Waals surface area (Å²) in [4.78, 5) is 0. The van der Waals surface area contributed by atoms with E-state index < -0.39 is 6.10 Å². The zero-order valence-corrected chi connectivity index (χ0v) is 9.87. The van der Waals surface area contributed by atoms with Crippen molar-refractivity contribution in [2.45, 2.75) is 31.8 Å². The molecule has 1 aromatic carbocycles. The van der Waals surface area contributed by atoms with Crippen LogP contribution in [0.5, 0.6) is 0 Å². The third-order valence-electron chi connectivity index (χ3n) is 3.24. The summed E-state index contributed by atoms with van der Waals surface area (Å²) in [5.74, 6) is 0.662. The van der Waals surface area contributed by atoms with Crippen LogP contribution in [0.25, 0.3) is 5.69 Å². The molecule has 1 aliphatic rings. The van der Waals surface area contributed by atoms with Gasteiger partial charge >= 0.3 is 0 Å². The fraction of sp³-hybridized carbons (Fsp3) is 0.357. The average molecular weight is 228 g/mol. The van der Waals surface area contributed by atoms with Gasteiger partial charge in [-0.05, 0) is 31.9 Å². The Morgan fingerprint density at radius 1 is 1.29 bits per heavy atom. The van der Waals surface area contributed by atoms with Crippen molar-refractivity contribution in [3.8, 4) is 5.69 Å². The molecule has 17 heavy (non-hydrogen) atoms. The normalized spacial score (nSPS) is 17.1. The molecule has 1 fully saturated rings. The van der Waals surface area contributed by atoms with Crippen molar-refractivity contribution in [1.29, 1.82) is 0 Å². The van der Waals surface area contributed by atoms with Gasteiger partial charge in [0.25, 0.3) is 0 Å². The van der Waals surface area contributed by atoms with Gasteiger partial charge in [0, 0.05) is 17.7 Å². The Bertz CT molecular complexity index is 527. The lowest BCUT2D eigenvalue weighted by molar-refractivity contribution is 0.199. The average Bonchev–Trinajstić information content (AvgIpc) is 3.07. The Balaban J connectivity index is 2.01. The standard InChI is InChI=1S/C14H16N2O/c1-10(17)12-4-2-3-5-14(12)16-9-8-13(15-16)11-6-7-11/h2-5,8-11,17H,6-7H2,1H3/t10-/m1/s1. The highest BCUT2D eigenvalue weighted by molar-refractivity contribution is 5.41. The lowest BCUT2D eigenvalue weighted by atomic mass is 10.1. The molecule has 1 saturated carbocycles. The van der Waals surface area contributed by atoms with Gasteiger partial charge in [0.05, 0.1) is 17.5 Å². The van der Waals surface area contributed by atoms with Crippen molar-refractivity contribution in [3.05, 3.63) is 47.8 Å². The Morgan fingerprint density at radius 2 is 2.06 bits per heavy atom. The van der Waals surface area contributed by atoms with E-state index in [1.807, 2.05) is 35.1 Å². The Hall–Kier alpha value is -1.61. The van der Waals surface area contributed by atoms with Crippen LogP contribution >= 0.6 is 0 Å². The van der Waals surface area contributed by atoms with Crippen LogP contribution in [0.15, 0.2) is 36.5 Å². The second kappa shape index (κ2) is 4.00. The van der Waals surface area contributed by atoms with Gasteiger partial charge in [-0.1, -0.05) is 18.2 Å². The van der Waals surface area contributed by atoms with E-state index in [4.69, 9.17) is 0 Å². The van der Waals surface area contributed by atoms with Gasteiger partial charge in [-0.2, -0.15) is 5.10 Å². The SMILES string of the molecule is C[C@@H](O)c1ccccc1-n1ccc(C2CC2)n1. The monoisotopic (exact) mass is 228 g/mol. The summed E-state index contributed by atoms with van der Waals surface area (Å²) in [6.45, 7) is 1.78. The molecule has 3 heteroatoms. The molecule has 0 radical (unpaired) electrons. The van der Waals surface area contributed by atoms with Crippen LogP contribution in [0.3, 0.4) is 0 Å². The quantitative estimate of drug-likeness (QED) is 0.877. The minimum absolute atomic E-state index is 0.472. The molecule has 1 aromatic heterocycles. The molecule has 1 N–H and O–H groups in total. The Labute approximate surface area is 101 Å². The highest BCUT2D eigenvalue weighted by Gasteiger charge is 2.26. The van der Waals surface area contributed by atoms with E-state index in [1.54, 1.807) is 6.92 Å². The van der Waals surface area contributed by atoms with E-state index >= 15 is 0 Å². The molecule has 0 aliphatic heterocycles. The van der Waals surface area contributed by atoms with Crippen LogP contribution in [0.1, 0.15) is 43.0 Å². The highest BCUT2D eigenvalue weighted by Crippen LogP contribution is 2.39. The molecule has 0 spiro atoms. The van der Waals surface area contributed by atoms with Crippen LogP contribution in [0.4, 0.5) is 0 Å². The summed E-state index contributed by atoms with van der Waals surface area (Å²) in [6, 6.07) is 9.93. The van der Waals surface area contributed by atoms with Crippen molar-refractivity contribution in [2.24, 2.45) is 0 Å². The zero-order valence-electron chi connectivity index (χ0n) is 9.87. The van der Waals surface area contributed by atoms with Crippen LogP contribution < -0.4 is 0 Å². The molecule has 1 aliphatic carbocycles. The molecule has 3 rings (SSSR count). The van der Waals surface area contributed by atoms with E-state index in [9.17, 15) is 5.11 Å². The molecule has 88 valence electrons. The summed E-state index contributed by atoms with van der Waals surface area (Å²) in [7, 11) is 0. The van der Waals surface area contributed by atoms with Gasteiger partial charge in [-0.25, -0.2) is 4.68 Å². The molecule has 0 saturated heterocycles. The molecule has 2 aromatic rings. The van der Waals surface area contributed by atoms with E-state index in [1.165, 1.54) is 18.5 Å². The van der Waals surface area contributed by atoms with Crippen LogP contribution in [0, 0.1) is 0 Å². The zero-order chi connectivity index (χ0) is 11.8. The third-order valence-corrected chi connectivity index (χ3v) is 3.24. The molecule has 0 amide bonds. The van der Waals surface area contributed by atoms with Crippen LogP contribution in [0.2, 0.25) is 0 Å². The fourth-order valence-electron chi connectivity index (χ4n) is 2.12. The first-order valence-electron chi connectivity index (χ1n) is 6.08. The summed E-state index contributed by atoms with van der Waals surface area (Å²) in [5.41, 5.74) is 3.05. The predicted octanol–water partition coefficient (Wildman–Crippen LogP) is 2.80. The maximum atomic E-state index is 9.75. The van der Waals surface area contributed by atoms with Gasteiger partial charge in [0.1, 0.15) is 0 Å². The van der Waals surface area contributed by atoms with Gasteiger partial charge < -0.3 is 5.11 Å². The van der Waals surface area contributed by atoms with Crippen LogP contribution in [-0.4, -0.2) is 14.9 Å². The van der Waals surface area contributed by atoms with Gasteiger partial charge in [0.15, 0.2) is 0 Å². The molecule has 3 nitrogen and oxygen atoms in total. The molecule has 0 bridgehead atoms. The van der Waals surface area contributed by atoms with Crippen molar-refractivity contribution < 1.29 is 5.11 Å². The number of para-hydroxylation sites is 1. The number of rotatable bonds is 3. The molecular formula is C14H16N2O. The molecule has 1 atom stereocenters. The summed E-state index contributed by atoms with van der Waals surface area (Å²) in [5, 5.41) is 14.3. The first kappa shape index (κ1) is 10.5. The number of benzene rings is 1. The maximum absolute atomic E-state index is 9.75. The van der Waals surface area contributed by atoms with Gasteiger partial charge in [-0.15, -0.1) is 0 Å². The van der Waals surface area contributed by atoms with Crippen molar-refractivity contribution in [2.75, 3.05) is 0 Å². The van der Waals surface area contributed by atoms with E-state index in [2.05, 4.69) is 11.2 Å². The first-order valence-corrected chi connectivity index (χ1v) is 6.08. The fourth-order valence-corrected chi connectivity index (χ4v) is 2.12. The Kier molecular flexibility index (Phi) is 2.48. The second-order valence-electron chi connectivity index (χ2n) is 4.69. The van der Waals surface area contributed by atoms with Crippen molar-refractivity contribution in [1.82, 2.24) is 9.78 Å². The summed E-state index contributed by atoms with van der Waals surface area (Å²) >= 11 is 0. The van der Waals surface area contributed by atoms with E-state index in [0.29, 0.717) is 5.92 Å². The number of aliphatic hydroxyl groups is 1. The predicted molar refractivity (Wildman–Crippen MR) is 66.2 cm³/mol. The summed E-state index contributed by atoms with van der Waals surface area (Å²) < 4.78 is 1.87. The smallest absolute Gasteiger partial charge is 0.0782 e. The van der Waals surface area contributed by atoms with E-state index in [-0.39, 0.29) is 0 Å². The maximum Gasteiger partial charge on any atom is 0.0782 e. The first-order chi connectivity index (χ1) is 8.25. The lowest BCUT2D eigenvalue weighted by Gasteiger charge is -2.11. The largest absolute Gasteiger partial charge is 0.389 e. The van der Waals surface area contributed by atoms with Gasteiger partial charge in [-0.3, -0.25) is 0 Å². The molecule has 1 heterocycles. The lowest BCUT2D eigenvalue weighted by Crippen LogP contribution is -2.03. The third kappa shape index (κ3) is 1.98. The van der Waals surface area contributed by atoms with Gasteiger partial charge in [0.2, 0.25) is 0 Å². The summed E-state index contributed by atoms with van der Waals surface area (Å²) in [6.07, 6.45) is 4.03.